The first-order chi connectivity index (χ1) is 8.93. The van der Waals surface area contributed by atoms with Crippen molar-refractivity contribution in [2.45, 2.75) is 30.6 Å². The Morgan fingerprint density at radius 2 is 1.74 bits per heavy atom. The quantitative estimate of drug-likeness (QED) is 0.834. The minimum absolute atomic E-state index is 0.217. The highest BCUT2D eigenvalue weighted by atomic mass is 79.9. The summed E-state index contributed by atoms with van der Waals surface area (Å²) in [6, 6.07) is 2.28. The third-order valence-corrected chi connectivity index (χ3v) is 5.83. The van der Waals surface area contributed by atoms with Gasteiger partial charge in [0.15, 0.2) is 0 Å². The lowest BCUT2D eigenvalue weighted by atomic mass is 10.2. The number of hydrogen-bond acceptors (Lipinski definition) is 3. The molecular formula is C12H16BrFN2O2S. The predicted molar refractivity (Wildman–Crippen MR) is 75.7 cm³/mol. The maximum atomic E-state index is 13.9. The van der Waals surface area contributed by atoms with Gasteiger partial charge in [-0.2, -0.15) is 4.31 Å². The average molecular weight is 351 g/mol. The van der Waals surface area contributed by atoms with Crippen LogP contribution in [-0.2, 0) is 10.0 Å². The van der Waals surface area contributed by atoms with E-state index in [4.69, 9.17) is 5.73 Å². The molecule has 1 saturated heterocycles. The normalized spacial score (nSPS) is 18.2. The van der Waals surface area contributed by atoms with Crippen molar-refractivity contribution < 1.29 is 12.8 Å². The highest BCUT2D eigenvalue weighted by Crippen LogP contribution is 2.29. The molecule has 0 bridgehead atoms. The molecule has 1 aliphatic rings. The summed E-state index contributed by atoms with van der Waals surface area (Å²) in [7, 11) is -3.80. The van der Waals surface area contributed by atoms with Crippen LogP contribution >= 0.6 is 15.9 Å². The number of sulfonamides is 1. The molecule has 1 aromatic carbocycles. The van der Waals surface area contributed by atoms with E-state index in [0.717, 1.165) is 31.7 Å². The second-order valence-electron chi connectivity index (χ2n) is 4.62. The Morgan fingerprint density at radius 3 is 2.32 bits per heavy atom. The molecule has 0 radical (unpaired) electrons. The molecule has 2 N–H and O–H groups in total. The molecule has 1 aliphatic heterocycles. The number of nitrogens with zero attached hydrogens (tertiary/aromatic N) is 1. The molecule has 0 aromatic heterocycles. The van der Waals surface area contributed by atoms with Crippen LogP contribution < -0.4 is 5.73 Å². The van der Waals surface area contributed by atoms with E-state index in [1.54, 1.807) is 0 Å². The minimum Gasteiger partial charge on any atom is -0.398 e. The van der Waals surface area contributed by atoms with Crippen LogP contribution in [0.5, 0.6) is 0 Å². The van der Waals surface area contributed by atoms with E-state index in [9.17, 15) is 12.8 Å². The van der Waals surface area contributed by atoms with E-state index in [1.807, 2.05) is 0 Å². The van der Waals surface area contributed by atoms with Gasteiger partial charge in [-0.05, 0) is 40.9 Å². The van der Waals surface area contributed by atoms with Crippen molar-refractivity contribution in [3.05, 3.63) is 22.4 Å². The smallest absolute Gasteiger partial charge is 0.246 e. The number of halogens is 2. The molecule has 4 nitrogen and oxygen atoms in total. The fourth-order valence-electron chi connectivity index (χ4n) is 2.16. The molecule has 0 atom stereocenters. The number of nitrogen functional groups attached to an aromatic ring is 1. The van der Waals surface area contributed by atoms with E-state index in [1.165, 1.54) is 10.4 Å². The van der Waals surface area contributed by atoms with Gasteiger partial charge in [0.1, 0.15) is 10.7 Å². The number of benzene rings is 1. The minimum atomic E-state index is -3.80. The van der Waals surface area contributed by atoms with Gasteiger partial charge in [-0.15, -0.1) is 0 Å². The zero-order valence-electron chi connectivity index (χ0n) is 10.4. The summed E-state index contributed by atoms with van der Waals surface area (Å²) in [5.41, 5.74) is 5.87. The van der Waals surface area contributed by atoms with Crippen molar-refractivity contribution in [1.29, 1.82) is 0 Å². The molecule has 19 heavy (non-hydrogen) atoms. The van der Waals surface area contributed by atoms with Crippen molar-refractivity contribution in [1.82, 2.24) is 4.31 Å². The third kappa shape index (κ3) is 3.09. The van der Waals surface area contributed by atoms with Gasteiger partial charge in [0, 0.05) is 23.2 Å². The van der Waals surface area contributed by atoms with E-state index in [-0.39, 0.29) is 10.6 Å². The zero-order valence-corrected chi connectivity index (χ0v) is 12.8. The molecular weight excluding hydrogens is 335 g/mol. The van der Waals surface area contributed by atoms with Crippen LogP contribution in [-0.4, -0.2) is 25.8 Å². The molecule has 1 heterocycles. The van der Waals surface area contributed by atoms with Crippen LogP contribution in [0.4, 0.5) is 10.1 Å². The molecule has 0 aliphatic carbocycles. The first-order valence-corrected chi connectivity index (χ1v) is 8.41. The number of rotatable bonds is 2. The first kappa shape index (κ1) is 14.7. The lowest BCUT2D eigenvalue weighted by molar-refractivity contribution is 0.419. The maximum absolute atomic E-state index is 13.9. The van der Waals surface area contributed by atoms with Gasteiger partial charge >= 0.3 is 0 Å². The van der Waals surface area contributed by atoms with Crippen molar-refractivity contribution >= 4 is 31.6 Å². The lowest BCUT2D eigenvalue weighted by Gasteiger charge is -2.20. The standard InChI is InChI=1S/C12H16BrFN2O2S/c13-9-7-10(14)12(8-11(9)15)19(17,18)16-5-3-1-2-4-6-16/h7-8H,1-6,15H2. The van der Waals surface area contributed by atoms with Crippen molar-refractivity contribution in [2.24, 2.45) is 0 Å². The lowest BCUT2D eigenvalue weighted by Crippen LogP contribution is -2.32. The van der Waals surface area contributed by atoms with Gasteiger partial charge < -0.3 is 5.73 Å². The second-order valence-corrected chi connectivity index (χ2v) is 7.38. The number of anilines is 1. The molecule has 106 valence electrons. The molecule has 2 rings (SSSR count). The Kier molecular flexibility index (Phi) is 4.47. The van der Waals surface area contributed by atoms with Crippen LogP contribution in [0.15, 0.2) is 21.5 Å². The first-order valence-electron chi connectivity index (χ1n) is 6.17. The second kappa shape index (κ2) is 5.76. The highest BCUT2D eigenvalue weighted by molar-refractivity contribution is 9.10. The molecule has 1 fully saturated rings. The summed E-state index contributed by atoms with van der Waals surface area (Å²) in [6.07, 6.45) is 3.65. The molecule has 7 heteroatoms. The Morgan fingerprint density at radius 1 is 1.16 bits per heavy atom. The molecule has 0 spiro atoms. The van der Waals surface area contributed by atoms with Gasteiger partial charge in [0.05, 0.1) is 0 Å². The Hall–Kier alpha value is -0.660. The van der Waals surface area contributed by atoms with Gasteiger partial charge in [-0.3, -0.25) is 0 Å². The van der Waals surface area contributed by atoms with Crippen molar-refractivity contribution in [2.75, 3.05) is 18.8 Å². The molecule has 0 unspecified atom stereocenters. The summed E-state index contributed by atoms with van der Waals surface area (Å²) in [4.78, 5) is -0.338. The molecule has 0 saturated carbocycles. The van der Waals surface area contributed by atoms with Gasteiger partial charge in [-0.25, -0.2) is 12.8 Å². The van der Waals surface area contributed by atoms with Gasteiger partial charge in [0.25, 0.3) is 0 Å². The summed E-state index contributed by atoms with van der Waals surface area (Å²) in [6.45, 7) is 0.884. The zero-order chi connectivity index (χ0) is 14.0. The number of nitrogens with two attached hydrogens (primary N) is 1. The fraction of sp³-hybridized carbons (Fsp3) is 0.500. The van der Waals surface area contributed by atoms with E-state index in [0.29, 0.717) is 17.6 Å². The SMILES string of the molecule is Nc1cc(S(=O)(=O)N2CCCCCC2)c(F)cc1Br. The summed E-state index contributed by atoms with van der Waals surface area (Å²) in [5, 5.41) is 0. The van der Waals surface area contributed by atoms with E-state index in [2.05, 4.69) is 15.9 Å². The summed E-state index contributed by atoms with van der Waals surface area (Å²) >= 11 is 3.08. The topological polar surface area (TPSA) is 63.4 Å². The summed E-state index contributed by atoms with van der Waals surface area (Å²) < 4.78 is 40.5. The monoisotopic (exact) mass is 350 g/mol. The van der Waals surface area contributed by atoms with E-state index < -0.39 is 15.8 Å². The third-order valence-electron chi connectivity index (χ3n) is 3.23. The fourth-order valence-corrected chi connectivity index (χ4v) is 4.08. The Bertz CT molecular complexity index is 569. The Balaban J connectivity index is 2.41. The van der Waals surface area contributed by atoms with Gasteiger partial charge in [0.2, 0.25) is 10.0 Å². The Labute approximate surface area is 121 Å². The predicted octanol–water partition coefficient (Wildman–Crippen LogP) is 2.74. The van der Waals surface area contributed by atoms with Crippen LogP contribution in [0.3, 0.4) is 0 Å². The average Bonchev–Trinajstić information content (AvgIpc) is 2.62. The molecule has 0 amide bonds. The van der Waals surface area contributed by atoms with Crippen molar-refractivity contribution in [3.8, 4) is 0 Å². The van der Waals surface area contributed by atoms with Crippen LogP contribution in [0.25, 0.3) is 0 Å². The number of hydrogen-bond donors (Lipinski definition) is 1. The highest BCUT2D eigenvalue weighted by Gasteiger charge is 2.28. The van der Waals surface area contributed by atoms with E-state index >= 15 is 0 Å². The summed E-state index contributed by atoms with van der Waals surface area (Å²) in [5.74, 6) is -0.773. The van der Waals surface area contributed by atoms with Crippen LogP contribution in [0, 0.1) is 5.82 Å². The van der Waals surface area contributed by atoms with Crippen LogP contribution in [0.2, 0.25) is 0 Å². The van der Waals surface area contributed by atoms with Crippen molar-refractivity contribution in [3.63, 3.8) is 0 Å². The maximum Gasteiger partial charge on any atom is 0.246 e. The van der Waals surface area contributed by atoms with Crippen LogP contribution in [0.1, 0.15) is 25.7 Å². The van der Waals surface area contributed by atoms with Gasteiger partial charge in [-0.1, -0.05) is 12.8 Å². The largest absolute Gasteiger partial charge is 0.398 e. The molecule has 1 aromatic rings.